The van der Waals surface area contributed by atoms with Crippen LogP contribution in [-0.2, 0) is 5.75 Å². The number of thioether (sulfide) groups is 1. The average molecular weight is 285 g/mol. The summed E-state index contributed by atoms with van der Waals surface area (Å²) in [5, 5.41) is 0. The van der Waals surface area contributed by atoms with E-state index in [4.69, 9.17) is 0 Å². The van der Waals surface area contributed by atoms with Crippen LogP contribution in [-0.4, -0.2) is 14.1 Å². The molecule has 0 spiro atoms. The lowest BCUT2D eigenvalue weighted by molar-refractivity contribution is -0.568. The summed E-state index contributed by atoms with van der Waals surface area (Å²) in [6, 6.07) is 14.8. The van der Waals surface area contributed by atoms with Gasteiger partial charge in [0.2, 0.25) is 0 Å². The Morgan fingerprint density at radius 3 is 2.35 bits per heavy atom. The number of pyridine rings is 1. The van der Waals surface area contributed by atoms with Gasteiger partial charge in [0.1, 0.15) is 0 Å². The van der Waals surface area contributed by atoms with E-state index in [1.165, 1.54) is 16.2 Å². The third-order valence-corrected chi connectivity index (χ3v) is 4.03. The molecule has 0 N–H and O–H groups in total. The van der Waals surface area contributed by atoms with Crippen LogP contribution in [0.25, 0.3) is 6.20 Å². The Morgan fingerprint density at radius 2 is 1.75 bits per heavy atom. The SMILES string of the molecule is CC(=C[n+]1ccc(N(C)C)cc1)SCc1ccccc1. The lowest BCUT2D eigenvalue weighted by Gasteiger charge is -2.09. The van der Waals surface area contributed by atoms with Gasteiger partial charge < -0.3 is 4.90 Å². The molecule has 0 saturated heterocycles. The molecule has 3 heteroatoms. The second kappa shape index (κ2) is 7.15. The number of hydrogen-bond donors (Lipinski definition) is 0. The maximum Gasteiger partial charge on any atom is 0.183 e. The van der Waals surface area contributed by atoms with Gasteiger partial charge in [-0.25, -0.2) is 0 Å². The van der Waals surface area contributed by atoms with E-state index in [1.807, 2.05) is 11.8 Å². The van der Waals surface area contributed by atoms with Crippen LogP contribution in [0, 0.1) is 0 Å². The molecule has 20 heavy (non-hydrogen) atoms. The van der Waals surface area contributed by atoms with Crippen molar-refractivity contribution in [3.63, 3.8) is 0 Å². The predicted octanol–water partition coefficient (Wildman–Crippen LogP) is 3.79. The normalized spacial score (nSPS) is 11.4. The number of allylic oxidation sites excluding steroid dienone is 1. The highest BCUT2D eigenvalue weighted by molar-refractivity contribution is 8.02. The van der Waals surface area contributed by atoms with Crippen LogP contribution in [0.4, 0.5) is 5.69 Å². The lowest BCUT2D eigenvalue weighted by atomic mass is 10.2. The molecule has 0 unspecified atom stereocenters. The van der Waals surface area contributed by atoms with Gasteiger partial charge in [0, 0.05) is 42.6 Å². The lowest BCUT2D eigenvalue weighted by Crippen LogP contribution is -2.25. The Morgan fingerprint density at radius 1 is 1.10 bits per heavy atom. The Balaban J connectivity index is 1.96. The van der Waals surface area contributed by atoms with Crippen molar-refractivity contribution in [1.29, 1.82) is 0 Å². The number of hydrogen-bond acceptors (Lipinski definition) is 2. The summed E-state index contributed by atoms with van der Waals surface area (Å²) < 4.78 is 2.10. The molecular formula is C17H21N2S+. The Hall–Kier alpha value is -1.74. The van der Waals surface area contributed by atoms with Gasteiger partial charge in [0.05, 0.1) is 0 Å². The third-order valence-electron chi connectivity index (χ3n) is 2.99. The van der Waals surface area contributed by atoms with E-state index in [-0.39, 0.29) is 0 Å². The van der Waals surface area contributed by atoms with Gasteiger partial charge in [-0.05, 0) is 12.5 Å². The van der Waals surface area contributed by atoms with Gasteiger partial charge >= 0.3 is 0 Å². The Bertz CT molecular complexity index is 559. The summed E-state index contributed by atoms with van der Waals surface area (Å²) in [6.07, 6.45) is 6.33. The van der Waals surface area contributed by atoms with Gasteiger partial charge in [0.25, 0.3) is 0 Å². The molecule has 2 nitrogen and oxygen atoms in total. The molecule has 0 aliphatic carbocycles. The summed E-state index contributed by atoms with van der Waals surface area (Å²) in [4.78, 5) is 3.40. The zero-order chi connectivity index (χ0) is 14.4. The molecule has 0 amide bonds. The number of benzene rings is 1. The van der Waals surface area contributed by atoms with Gasteiger partial charge in [-0.2, -0.15) is 4.57 Å². The van der Waals surface area contributed by atoms with Gasteiger partial charge in [-0.15, -0.1) is 11.8 Å². The molecule has 2 aromatic rings. The van der Waals surface area contributed by atoms with E-state index in [0.717, 1.165) is 5.75 Å². The molecule has 104 valence electrons. The minimum Gasteiger partial charge on any atom is -0.377 e. The fourth-order valence-electron chi connectivity index (χ4n) is 1.83. The quantitative estimate of drug-likeness (QED) is 0.772. The van der Waals surface area contributed by atoms with Crippen molar-refractivity contribution >= 4 is 23.6 Å². The van der Waals surface area contributed by atoms with Gasteiger partial charge in [-0.1, -0.05) is 30.3 Å². The first-order valence-corrected chi connectivity index (χ1v) is 7.67. The molecule has 2 rings (SSSR count). The summed E-state index contributed by atoms with van der Waals surface area (Å²) in [6.45, 7) is 2.15. The summed E-state index contributed by atoms with van der Waals surface area (Å²) in [5.74, 6) is 1.01. The minimum absolute atomic E-state index is 1.01. The van der Waals surface area contributed by atoms with Crippen LogP contribution in [0.2, 0.25) is 0 Å². The van der Waals surface area contributed by atoms with Crippen molar-refractivity contribution in [2.24, 2.45) is 0 Å². The highest BCUT2D eigenvalue weighted by atomic mass is 32.2. The fourth-order valence-corrected chi connectivity index (χ4v) is 2.62. The van der Waals surface area contributed by atoms with Crippen molar-refractivity contribution in [3.05, 3.63) is 65.3 Å². The zero-order valence-corrected chi connectivity index (χ0v) is 13.1. The highest BCUT2D eigenvalue weighted by Crippen LogP contribution is 2.20. The fraction of sp³-hybridized carbons (Fsp3) is 0.235. The van der Waals surface area contributed by atoms with E-state index in [2.05, 4.69) is 91.5 Å². The summed E-state index contributed by atoms with van der Waals surface area (Å²) >= 11 is 1.86. The van der Waals surface area contributed by atoms with Crippen molar-refractivity contribution in [1.82, 2.24) is 0 Å². The first-order chi connectivity index (χ1) is 9.65. The van der Waals surface area contributed by atoms with Crippen LogP contribution in [0.3, 0.4) is 0 Å². The third kappa shape index (κ3) is 4.42. The van der Waals surface area contributed by atoms with Gasteiger partial charge in [0.15, 0.2) is 18.6 Å². The molecule has 0 fully saturated rings. The molecule has 1 heterocycles. The summed E-state index contributed by atoms with van der Waals surface area (Å²) in [5.41, 5.74) is 2.57. The van der Waals surface area contributed by atoms with Gasteiger partial charge in [-0.3, -0.25) is 0 Å². The topological polar surface area (TPSA) is 7.12 Å². The maximum absolute atomic E-state index is 2.17. The standard InChI is InChI=1S/C17H21N2S/c1-15(20-14-16-7-5-4-6-8-16)13-19-11-9-17(10-12-19)18(2)3/h4-13H,14H2,1-3H3/q+1. The molecule has 1 aromatic carbocycles. The highest BCUT2D eigenvalue weighted by Gasteiger charge is 2.02. The first-order valence-electron chi connectivity index (χ1n) is 6.68. The molecule has 0 bridgehead atoms. The smallest absolute Gasteiger partial charge is 0.183 e. The number of rotatable bonds is 5. The van der Waals surface area contributed by atoms with Crippen molar-refractivity contribution in [2.75, 3.05) is 19.0 Å². The van der Waals surface area contributed by atoms with E-state index >= 15 is 0 Å². The molecule has 0 saturated carbocycles. The predicted molar refractivity (Wildman–Crippen MR) is 88.6 cm³/mol. The van der Waals surface area contributed by atoms with Crippen LogP contribution in [0.5, 0.6) is 0 Å². The molecule has 0 aliphatic rings. The Kier molecular flexibility index (Phi) is 5.24. The molecule has 0 atom stereocenters. The average Bonchev–Trinajstić information content (AvgIpc) is 2.47. The number of anilines is 1. The monoisotopic (exact) mass is 285 g/mol. The van der Waals surface area contributed by atoms with Crippen molar-refractivity contribution < 1.29 is 4.57 Å². The zero-order valence-electron chi connectivity index (χ0n) is 12.3. The second-order valence-corrected chi connectivity index (χ2v) is 6.13. The molecule has 1 aromatic heterocycles. The largest absolute Gasteiger partial charge is 0.377 e. The van der Waals surface area contributed by atoms with Crippen molar-refractivity contribution in [3.8, 4) is 0 Å². The van der Waals surface area contributed by atoms with E-state index in [0.29, 0.717) is 0 Å². The van der Waals surface area contributed by atoms with E-state index in [1.54, 1.807) is 0 Å². The molecule has 0 aliphatic heterocycles. The van der Waals surface area contributed by atoms with Crippen LogP contribution in [0.1, 0.15) is 12.5 Å². The maximum atomic E-state index is 2.17. The molecule has 0 radical (unpaired) electrons. The molecular weight excluding hydrogens is 264 g/mol. The first kappa shape index (κ1) is 14.7. The summed E-state index contributed by atoms with van der Waals surface area (Å²) in [7, 11) is 4.10. The number of aromatic nitrogens is 1. The van der Waals surface area contributed by atoms with Crippen molar-refractivity contribution in [2.45, 2.75) is 12.7 Å². The van der Waals surface area contributed by atoms with E-state index < -0.39 is 0 Å². The Labute approximate surface area is 125 Å². The van der Waals surface area contributed by atoms with Crippen LogP contribution < -0.4 is 9.47 Å². The minimum atomic E-state index is 1.01. The van der Waals surface area contributed by atoms with E-state index in [9.17, 15) is 0 Å². The van der Waals surface area contributed by atoms with Crippen LogP contribution in [0.15, 0.2) is 59.8 Å². The van der Waals surface area contributed by atoms with Crippen LogP contribution >= 0.6 is 11.8 Å². The number of nitrogens with zero attached hydrogens (tertiary/aromatic N) is 2. The second-order valence-electron chi connectivity index (χ2n) is 4.91.